The zero-order valence-electron chi connectivity index (χ0n) is 15.8. The number of piperazine rings is 1. The van der Waals surface area contributed by atoms with Crippen LogP contribution in [0.1, 0.15) is 25.3 Å². The van der Waals surface area contributed by atoms with Crippen LogP contribution in [0, 0.1) is 5.82 Å². The molecule has 3 heterocycles. The molecule has 2 atom stereocenters. The minimum absolute atomic E-state index is 0.00562. The first-order valence-corrected chi connectivity index (χ1v) is 9.86. The second-order valence-electron chi connectivity index (χ2n) is 7.30. The third-order valence-corrected chi connectivity index (χ3v) is 6.01. The molecule has 3 N–H and O–H groups in total. The van der Waals surface area contributed by atoms with Crippen LogP contribution in [0.2, 0.25) is 5.02 Å². The van der Waals surface area contributed by atoms with Crippen molar-refractivity contribution in [1.29, 1.82) is 0 Å². The van der Waals surface area contributed by atoms with Crippen LogP contribution in [0.25, 0.3) is 0 Å². The summed E-state index contributed by atoms with van der Waals surface area (Å²) in [5.41, 5.74) is 0.774. The van der Waals surface area contributed by atoms with Crippen LogP contribution < -0.4 is 5.32 Å². The van der Waals surface area contributed by atoms with Crippen molar-refractivity contribution in [3.8, 4) is 0 Å². The number of amides is 2. The molecule has 0 aliphatic carbocycles. The predicted molar refractivity (Wildman–Crippen MR) is 103 cm³/mol. The molecule has 0 radical (unpaired) electrons. The quantitative estimate of drug-likeness (QED) is 0.689. The molecule has 2 amide bonds. The third kappa shape index (κ3) is 3.07. The van der Waals surface area contributed by atoms with Crippen molar-refractivity contribution >= 4 is 23.4 Å². The van der Waals surface area contributed by atoms with Gasteiger partial charge in [0.15, 0.2) is 5.76 Å². The van der Waals surface area contributed by atoms with Gasteiger partial charge in [-0.3, -0.25) is 9.59 Å². The van der Waals surface area contributed by atoms with E-state index < -0.39 is 23.6 Å². The first-order chi connectivity index (χ1) is 13.8. The summed E-state index contributed by atoms with van der Waals surface area (Å²) < 4.78 is 14.1. The van der Waals surface area contributed by atoms with Crippen molar-refractivity contribution < 1.29 is 24.2 Å². The average Bonchev–Trinajstić information content (AvgIpc) is 3.11. The lowest BCUT2D eigenvalue weighted by molar-refractivity contribution is -0.133. The first kappa shape index (κ1) is 19.7. The number of carbonyl (C=O) groups excluding carboxylic acids is 2. The van der Waals surface area contributed by atoms with Crippen molar-refractivity contribution in [2.24, 2.45) is 0 Å². The Morgan fingerprint density at radius 1 is 1.41 bits per heavy atom. The van der Waals surface area contributed by atoms with Crippen LogP contribution >= 0.6 is 11.6 Å². The Bertz CT molecular complexity index is 961. The Morgan fingerprint density at radius 2 is 2.17 bits per heavy atom. The van der Waals surface area contributed by atoms with E-state index >= 15 is 0 Å². The fourth-order valence-corrected chi connectivity index (χ4v) is 4.45. The van der Waals surface area contributed by atoms with E-state index in [-0.39, 0.29) is 40.4 Å². The summed E-state index contributed by atoms with van der Waals surface area (Å²) in [5.74, 6) is -2.13. The molecule has 3 aliphatic rings. The number of hydrogen-bond acceptors (Lipinski definition) is 5. The second kappa shape index (κ2) is 7.35. The SMILES string of the molecule is CCN1CC2CCC3=C(C(=O)NCc4cccc(Cl)c4F)C(O)C(O)=C(C1=O)N32. The molecule has 0 aromatic heterocycles. The van der Waals surface area contributed by atoms with Gasteiger partial charge in [-0.2, -0.15) is 0 Å². The molecule has 0 spiro atoms. The van der Waals surface area contributed by atoms with E-state index in [1.807, 2.05) is 6.92 Å². The maximum Gasteiger partial charge on any atom is 0.274 e. The normalized spacial score (nSPS) is 23.7. The van der Waals surface area contributed by atoms with Crippen LogP contribution in [0.15, 0.2) is 40.9 Å². The monoisotopic (exact) mass is 421 g/mol. The number of halogens is 2. The Balaban J connectivity index is 1.63. The molecule has 0 bridgehead atoms. The van der Waals surface area contributed by atoms with Gasteiger partial charge in [0, 0.05) is 30.9 Å². The number of carbonyl (C=O) groups is 2. The minimum Gasteiger partial charge on any atom is -0.507 e. The highest BCUT2D eigenvalue weighted by molar-refractivity contribution is 6.30. The number of allylic oxidation sites excluding steroid dienone is 1. The maximum atomic E-state index is 14.1. The number of likely N-dealkylation sites (N-methyl/N-ethyl adjacent to an activating group) is 1. The highest BCUT2D eigenvalue weighted by Crippen LogP contribution is 2.43. The van der Waals surface area contributed by atoms with Crippen molar-refractivity contribution in [3.63, 3.8) is 0 Å². The van der Waals surface area contributed by atoms with Crippen molar-refractivity contribution in [2.75, 3.05) is 13.1 Å². The van der Waals surface area contributed by atoms with Crippen LogP contribution in [0.5, 0.6) is 0 Å². The molecular weight excluding hydrogens is 401 g/mol. The van der Waals surface area contributed by atoms with Gasteiger partial charge < -0.3 is 25.3 Å². The topological polar surface area (TPSA) is 93.1 Å². The van der Waals surface area contributed by atoms with E-state index in [1.54, 1.807) is 15.9 Å². The fourth-order valence-electron chi connectivity index (χ4n) is 4.26. The second-order valence-corrected chi connectivity index (χ2v) is 7.71. The van der Waals surface area contributed by atoms with Crippen LogP contribution in [-0.4, -0.2) is 57.1 Å². The molecule has 1 aromatic rings. The number of aliphatic hydroxyl groups excluding tert-OH is 2. The summed E-state index contributed by atoms with van der Waals surface area (Å²) in [6, 6.07) is 4.43. The Labute approximate surface area is 172 Å². The van der Waals surface area contributed by atoms with Gasteiger partial charge in [-0.25, -0.2) is 4.39 Å². The van der Waals surface area contributed by atoms with Gasteiger partial charge in [-0.1, -0.05) is 23.7 Å². The highest BCUT2D eigenvalue weighted by atomic mass is 35.5. The van der Waals surface area contributed by atoms with E-state index in [2.05, 4.69) is 5.32 Å². The zero-order valence-corrected chi connectivity index (χ0v) is 16.5. The number of hydrogen-bond donors (Lipinski definition) is 3. The Hall–Kier alpha value is -2.58. The zero-order chi connectivity index (χ0) is 20.9. The summed E-state index contributed by atoms with van der Waals surface area (Å²) in [7, 11) is 0. The van der Waals surface area contributed by atoms with Gasteiger partial charge in [-0.05, 0) is 25.8 Å². The molecule has 4 rings (SSSR count). The van der Waals surface area contributed by atoms with Crippen LogP contribution in [-0.2, 0) is 16.1 Å². The number of nitrogens with one attached hydrogen (secondary N) is 1. The fraction of sp³-hybridized carbons (Fsp3) is 0.400. The van der Waals surface area contributed by atoms with Crippen molar-refractivity contribution in [2.45, 2.75) is 38.5 Å². The smallest absolute Gasteiger partial charge is 0.274 e. The van der Waals surface area contributed by atoms with Gasteiger partial charge in [-0.15, -0.1) is 0 Å². The largest absolute Gasteiger partial charge is 0.507 e. The number of benzene rings is 1. The van der Waals surface area contributed by atoms with E-state index in [4.69, 9.17) is 11.6 Å². The van der Waals surface area contributed by atoms with Crippen molar-refractivity contribution in [1.82, 2.24) is 15.1 Å². The van der Waals surface area contributed by atoms with Crippen LogP contribution in [0.3, 0.4) is 0 Å². The summed E-state index contributed by atoms with van der Waals surface area (Å²) in [6.45, 7) is 2.71. The van der Waals surface area contributed by atoms with E-state index in [0.717, 1.165) is 0 Å². The average molecular weight is 422 g/mol. The van der Waals surface area contributed by atoms with Gasteiger partial charge in [0.2, 0.25) is 0 Å². The lowest BCUT2D eigenvalue weighted by Crippen LogP contribution is -2.54. The Morgan fingerprint density at radius 3 is 2.90 bits per heavy atom. The van der Waals surface area contributed by atoms with E-state index in [9.17, 15) is 24.2 Å². The molecule has 1 aromatic carbocycles. The highest BCUT2D eigenvalue weighted by Gasteiger charge is 2.49. The molecule has 29 heavy (non-hydrogen) atoms. The standard InChI is InChI=1S/C20H21ClFN3O4/c1-2-24-9-11-6-7-13-14(17(26)18(27)16(20(24)29)25(11)13)19(28)23-8-10-4-3-5-12(21)15(10)22/h3-5,11,17,26-27H,2,6-9H2,1H3,(H,23,28). The van der Waals surface area contributed by atoms with Gasteiger partial charge in [0.25, 0.3) is 11.8 Å². The maximum absolute atomic E-state index is 14.1. The number of rotatable bonds is 4. The lowest BCUT2D eigenvalue weighted by Gasteiger charge is -2.43. The van der Waals surface area contributed by atoms with E-state index in [1.165, 1.54) is 12.1 Å². The predicted octanol–water partition coefficient (Wildman–Crippen LogP) is 1.82. The minimum atomic E-state index is -1.61. The molecule has 0 saturated carbocycles. The Kier molecular flexibility index (Phi) is 5.00. The third-order valence-electron chi connectivity index (χ3n) is 5.72. The first-order valence-electron chi connectivity index (χ1n) is 9.49. The number of nitrogens with zero attached hydrogens (tertiary/aromatic N) is 2. The summed E-state index contributed by atoms with van der Waals surface area (Å²) >= 11 is 5.77. The summed E-state index contributed by atoms with van der Waals surface area (Å²) in [6.07, 6.45) is -0.417. The number of aliphatic hydroxyl groups is 2. The molecule has 7 nitrogen and oxygen atoms in total. The molecule has 3 aliphatic heterocycles. The van der Waals surface area contributed by atoms with Gasteiger partial charge in [0.05, 0.1) is 16.6 Å². The molecule has 2 unspecified atom stereocenters. The molecule has 2 fully saturated rings. The lowest BCUT2D eigenvalue weighted by atomic mass is 9.96. The van der Waals surface area contributed by atoms with Crippen LogP contribution in [0.4, 0.5) is 4.39 Å². The van der Waals surface area contributed by atoms with Gasteiger partial charge >= 0.3 is 0 Å². The van der Waals surface area contributed by atoms with Crippen molar-refractivity contribution in [3.05, 3.63) is 57.3 Å². The summed E-state index contributed by atoms with van der Waals surface area (Å²) in [4.78, 5) is 28.9. The van der Waals surface area contributed by atoms with Gasteiger partial charge in [0.1, 0.15) is 17.6 Å². The molecule has 2 saturated heterocycles. The molecule has 9 heteroatoms. The summed E-state index contributed by atoms with van der Waals surface area (Å²) in [5, 5.41) is 23.7. The molecule has 154 valence electrons. The van der Waals surface area contributed by atoms with E-state index in [0.29, 0.717) is 31.6 Å². The molecular formula is C20H21ClFN3O4.